The van der Waals surface area contributed by atoms with Gasteiger partial charge in [0.25, 0.3) is 5.56 Å². The number of fused-ring (bicyclic) bond motifs is 1. The van der Waals surface area contributed by atoms with Crippen LogP contribution in [0.4, 0.5) is 0 Å². The van der Waals surface area contributed by atoms with Crippen LogP contribution in [0.2, 0.25) is 0 Å². The number of hydrogen-bond donors (Lipinski definition) is 1. The molecule has 0 bridgehead atoms. The van der Waals surface area contributed by atoms with Gasteiger partial charge in [-0.05, 0) is 25.0 Å². The van der Waals surface area contributed by atoms with E-state index in [-0.39, 0.29) is 17.0 Å². The van der Waals surface area contributed by atoms with Crippen molar-refractivity contribution in [1.82, 2.24) is 14.5 Å². The highest BCUT2D eigenvalue weighted by atomic mass is 16.1. The largest absolute Gasteiger partial charge is 0.346 e. The van der Waals surface area contributed by atoms with Gasteiger partial charge in [-0.2, -0.15) is 0 Å². The molecule has 1 saturated carbocycles. The van der Waals surface area contributed by atoms with Crippen LogP contribution in [0.1, 0.15) is 18.9 Å². The highest BCUT2D eigenvalue weighted by Gasteiger charge is 2.25. The van der Waals surface area contributed by atoms with Gasteiger partial charge in [-0.25, -0.2) is 4.98 Å². The molecule has 5 rings (SSSR count). The molecule has 0 amide bonds. The van der Waals surface area contributed by atoms with Crippen LogP contribution in [0.15, 0.2) is 76.6 Å². The first-order valence-corrected chi connectivity index (χ1v) is 9.01. The summed E-state index contributed by atoms with van der Waals surface area (Å²) in [7, 11) is 0. The predicted octanol–water partition coefficient (Wildman–Crippen LogP) is 3.75. The maximum Gasteiger partial charge on any atom is 0.250 e. The Balaban J connectivity index is 1.82. The van der Waals surface area contributed by atoms with Gasteiger partial charge in [-0.3, -0.25) is 9.59 Å². The Labute approximate surface area is 155 Å². The van der Waals surface area contributed by atoms with Crippen LogP contribution in [-0.4, -0.2) is 14.5 Å². The molecule has 27 heavy (non-hydrogen) atoms. The van der Waals surface area contributed by atoms with Gasteiger partial charge in [-0.15, -0.1) is 0 Å². The molecule has 132 valence electrons. The summed E-state index contributed by atoms with van der Waals surface area (Å²) in [5.74, 6) is 0. The van der Waals surface area contributed by atoms with Crippen molar-refractivity contribution in [3.8, 4) is 22.4 Å². The Morgan fingerprint density at radius 2 is 1.78 bits per heavy atom. The molecule has 4 aromatic rings. The van der Waals surface area contributed by atoms with Gasteiger partial charge in [0.15, 0.2) is 5.43 Å². The molecule has 1 aromatic carbocycles. The summed E-state index contributed by atoms with van der Waals surface area (Å²) < 4.78 is 1.80. The number of benzene rings is 1. The molecule has 0 unspecified atom stereocenters. The fourth-order valence-electron chi connectivity index (χ4n) is 3.43. The third-order valence-electron chi connectivity index (χ3n) is 4.98. The number of nitrogens with one attached hydrogen (secondary N) is 1. The number of nitrogens with zero attached hydrogens (tertiary/aromatic N) is 2. The first-order chi connectivity index (χ1) is 13.2. The fourth-order valence-corrected chi connectivity index (χ4v) is 3.43. The van der Waals surface area contributed by atoms with Crippen molar-refractivity contribution >= 4 is 11.0 Å². The lowest BCUT2D eigenvalue weighted by Gasteiger charge is -2.13. The monoisotopic (exact) mass is 355 g/mol. The quantitative estimate of drug-likeness (QED) is 0.608. The normalized spacial score (nSPS) is 13.8. The highest BCUT2D eigenvalue weighted by Crippen LogP contribution is 2.36. The smallest absolute Gasteiger partial charge is 0.250 e. The van der Waals surface area contributed by atoms with E-state index in [9.17, 15) is 9.59 Å². The lowest BCUT2D eigenvalue weighted by Crippen LogP contribution is -2.17. The number of rotatable bonds is 3. The van der Waals surface area contributed by atoms with Crippen molar-refractivity contribution in [1.29, 1.82) is 0 Å². The van der Waals surface area contributed by atoms with Gasteiger partial charge < -0.3 is 9.55 Å². The Morgan fingerprint density at radius 3 is 2.56 bits per heavy atom. The summed E-state index contributed by atoms with van der Waals surface area (Å²) in [5.41, 5.74) is 3.97. The van der Waals surface area contributed by atoms with Crippen molar-refractivity contribution in [2.24, 2.45) is 0 Å². The van der Waals surface area contributed by atoms with Crippen molar-refractivity contribution in [2.45, 2.75) is 18.9 Å². The van der Waals surface area contributed by atoms with Crippen LogP contribution in [0.3, 0.4) is 0 Å². The summed E-state index contributed by atoms with van der Waals surface area (Å²) in [5, 5.41) is 0.538. The van der Waals surface area contributed by atoms with Crippen molar-refractivity contribution in [2.75, 3.05) is 0 Å². The summed E-state index contributed by atoms with van der Waals surface area (Å²) in [6.45, 7) is 0. The number of aromatic amines is 1. The van der Waals surface area contributed by atoms with E-state index in [1.54, 1.807) is 16.8 Å². The van der Waals surface area contributed by atoms with Gasteiger partial charge in [0, 0.05) is 47.3 Å². The Kier molecular flexibility index (Phi) is 3.53. The SMILES string of the molecule is O=c1cc[nH]c2nc(-c3ccccc3)c(-c3ccc(=O)n(C4CC4)c3)cc12. The maximum atomic E-state index is 12.3. The van der Waals surface area contributed by atoms with Crippen molar-refractivity contribution in [3.63, 3.8) is 0 Å². The second kappa shape index (κ2) is 6.06. The van der Waals surface area contributed by atoms with E-state index in [0.29, 0.717) is 11.0 Å². The molecule has 1 N–H and O–H groups in total. The molecule has 0 aliphatic heterocycles. The average Bonchev–Trinajstić information content (AvgIpc) is 3.54. The molecule has 1 fully saturated rings. The first kappa shape index (κ1) is 15.8. The highest BCUT2D eigenvalue weighted by molar-refractivity contribution is 5.89. The molecular weight excluding hydrogens is 338 g/mol. The summed E-state index contributed by atoms with van der Waals surface area (Å²) in [6, 6.07) is 16.9. The lowest BCUT2D eigenvalue weighted by molar-refractivity contribution is 0.708. The van der Waals surface area contributed by atoms with E-state index < -0.39 is 0 Å². The molecule has 3 heterocycles. The molecule has 5 nitrogen and oxygen atoms in total. The molecule has 1 aliphatic rings. The van der Waals surface area contributed by atoms with E-state index in [4.69, 9.17) is 4.98 Å². The maximum absolute atomic E-state index is 12.3. The number of pyridine rings is 3. The van der Waals surface area contributed by atoms with Gasteiger partial charge in [0.1, 0.15) is 5.65 Å². The topological polar surface area (TPSA) is 67.8 Å². The van der Waals surface area contributed by atoms with Gasteiger partial charge in [0.05, 0.1) is 11.1 Å². The van der Waals surface area contributed by atoms with E-state index in [1.807, 2.05) is 48.7 Å². The third kappa shape index (κ3) is 2.77. The van der Waals surface area contributed by atoms with E-state index in [0.717, 1.165) is 35.2 Å². The van der Waals surface area contributed by atoms with Crippen molar-refractivity contribution in [3.05, 3.63) is 87.6 Å². The van der Waals surface area contributed by atoms with Gasteiger partial charge in [0.2, 0.25) is 0 Å². The van der Waals surface area contributed by atoms with E-state index >= 15 is 0 Å². The second-order valence-corrected chi connectivity index (χ2v) is 6.88. The minimum Gasteiger partial charge on any atom is -0.346 e. The van der Waals surface area contributed by atoms with Crippen LogP contribution in [0, 0.1) is 0 Å². The Hall–Kier alpha value is -3.47. The molecule has 5 heteroatoms. The van der Waals surface area contributed by atoms with Crippen LogP contribution < -0.4 is 11.0 Å². The molecule has 1 aliphatic carbocycles. The average molecular weight is 355 g/mol. The fraction of sp³-hybridized carbons (Fsp3) is 0.136. The third-order valence-corrected chi connectivity index (χ3v) is 4.98. The number of hydrogen-bond acceptors (Lipinski definition) is 3. The number of H-pyrrole nitrogens is 1. The van der Waals surface area contributed by atoms with E-state index in [2.05, 4.69) is 4.98 Å². The zero-order valence-electron chi connectivity index (χ0n) is 14.6. The Bertz CT molecular complexity index is 1270. The zero-order chi connectivity index (χ0) is 18.4. The minimum absolute atomic E-state index is 0.00843. The first-order valence-electron chi connectivity index (χ1n) is 9.01. The summed E-state index contributed by atoms with van der Waals surface area (Å²) >= 11 is 0. The molecule has 0 spiro atoms. The van der Waals surface area contributed by atoms with E-state index in [1.165, 1.54) is 6.07 Å². The van der Waals surface area contributed by atoms with Crippen LogP contribution >= 0.6 is 0 Å². The van der Waals surface area contributed by atoms with Crippen LogP contribution in [0.5, 0.6) is 0 Å². The molecular formula is C22H17N3O2. The van der Waals surface area contributed by atoms with Crippen molar-refractivity contribution < 1.29 is 0 Å². The summed E-state index contributed by atoms with van der Waals surface area (Å²) in [4.78, 5) is 32.3. The Morgan fingerprint density at radius 1 is 0.963 bits per heavy atom. The van der Waals surface area contributed by atoms with Crippen LogP contribution in [0.25, 0.3) is 33.4 Å². The van der Waals surface area contributed by atoms with Crippen LogP contribution in [-0.2, 0) is 0 Å². The number of aromatic nitrogens is 3. The molecule has 3 aromatic heterocycles. The van der Waals surface area contributed by atoms with Gasteiger partial charge in [-0.1, -0.05) is 30.3 Å². The molecule has 0 saturated heterocycles. The van der Waals surface area contributed by atoms with Gasteiger partial charge >= 0.3 is 0 Å². The molecule has 0 atom stereocenters. The zero-order valence-corrected chi connectivity index (χ0v) is 14.6. The molecule has 0 radical (unpaired) electrons. The predicted molar refractivity (Wildman–Crippen MR) is 106 cm³/mol. The minimum atomic E-state index is -0.0763. The lowest BCUT2D eigenvalue weighted by atomic mass is 9.99. The summed E-state index contributed by atoms with van der Waals surface area (Å²) in [6.07, 6.45) is 5.57. The standard InChI is InChI=1S/C22H17N3O2/c26-19-10-11-23-22-18(19)12-17(21(24-22)14-4-2-1-3-5-14)15-6-9-20(27)25(13-15)16-7-8-16/h1-6,9-13,16H,7-8H2,(H,23,24,26). The second-order valence-electron chi connectivity index (χ2n) is 6.88.